The molecular weight excluding hydrogens is 446 g/mol. The molecule has 0 saturated heterocycles. The maximum atomic E-state index is 12.4. The molecule has 0 saturated carbocycles. The second-order valence-electron chi connectivity index (χ2n) is 7.77. The van der Waals surface area contributed by atoms with Crippen molar-refractivity contribution in [3.63, 3.8) is 0 Å². The van der Waals surface area contributed by atoms with Gasteiger partial charge in [0, 0.05) is 24.2 Å². The number of hydrogen-bond donors (Lipinski definition) is 2. The Balaban J connectivity index is 1.65. The van der Waals surface area contributed by atoms with E-state index in [4.69, 9.17) is 25.8 Å². The molecule has 1 aliphatic rings. The number of phenols is 1. The van der Waals surface area contributed by atoms with Gasteiger partial charge in [-0.1, -0.05) is 35.9 Å². The van der Waals surface area contributed by atoms with Gasteiger partial charge in [0.15, 0.2) is 11.5 Å². The number of halogens is 1. The zero-order valence-corrected chi connectivity index (χ0v) is 18.8. The van der Waals surface area contributed by atoms with E-state index < -0.39 is 12.0 Å². The number of hydrogen-bond acceptors (Lipinski definition) is 6. The van der Waals surface area contributed by atoms with Gasteiger partial charge in [-0.25, -0.2) is 0 Å². The molecule has 0 aliphatic carbocycles. The van der Waals surface area contributed by atoms with Crippen molar-refractivity contribution in [2.75, 3.05) is 13.9 Å². The molecule has 4 rings (SSSR count). The minimum absolute atomic E-state index is 0.128. The number of ether oxygens (including phenoxy) is 3. The van der Waals surface area contributed by atoms with E-state index >= 15 is 0 Å². The standard InChI is InChI=1S/C25H24ClNO6/c1-31-20-8-4-17(5-9-20)13-27(14-18-11-23-24(12-21(18)26)33-15-32-23)22(25(29)30)10-16-2-6-19(28)7-3-16/h2-9,11-12,22,28H,10,13-15H2,1H3,(H,29,30)/t22-/m0/s1. The highest BCUT2D eigenvalue weighted by atomic mass is 35.5. The van der Waals surface area contributed by atoms with Crippen molar-refractivity contribution in [1.82, 2.24) is 4.90 Å². The van der Waals surface area contributed by atoms with Crippen molar-refractivity contribution in [3.8, 4) is 23.0 Å². The smallest absolute Gasteiger partial charge is 0.321 e. The van der Waals surface area contributed by atoms with Crippen molar-refractivity contribution in [3.05, 3.63) is 82.4 Å². The molecule has 0 spiro atoms. The highest BCUT2D eigenvalue weighted by molar-refractivity contribution is 6.31. The minimum atomic E-state index is -0.951. The van der Waals surface area contributed by atoms with Crippen LogP contribution in [0.3, 0.4) is 0 Å². The predicted octanol–water partition coefficient (Wildman–Crippen LogP) is 4.48. The molecule has 172 valence electrons. The van der Waals surface area contributed by atoms with Gasteiger partial charge in [-0.15, -0.1) is 0 Å². The molecule has 0 radical (unpaired) electrons. The second kappa shape index (κ2) is 10.0. The quantitative estimate of drug-likeness (QED) is 0.477. The number of carbonyl (C=O) groups is 1. The maximum absolute atomic E-state index is 12.4. The normalized spacial score (nSPS) is 13.2. The number of nitrogens with zero attached hydrogens (tertiary/aromatic N) is 1. The van der Waals surface area contributed by atoms with Crippen LogP contribution in [0.5, 0.6) is 23.0 Å². The number of phenolic OH excluding ortho intramolecular Hbond substituents is 1. The molecule has 0 bridgehead atoms. The lowest BCUT2D eigenvalue weighted by Gasteiger charge is -2.29. The Morgan fingerprint density at radius 2 is 1.67 bits per heavy atom. The summed E-state index contributed by atoms with van der Waals surface area (Å²) in [7, 11) is 1.60. The van der Waals surface area contributed by atoms with E-state index in [1.54, 1.807) is 43.5 Å². The summed E-state index contributed by atoms with van der Waals surface area (Å²) in [5, 5.41) is 20.2. The number of fused-ring (bicyclic) bond motifs is 1. The van der Waals surface area contributed by atoms with Gasteiger partial charge in [0.25, 0.3) is 0 Å². The molecule has 33 heavy (non-hydrogen) atoms. The number of methoxy groups -OCH3 is 1. The van der Waals surface area contributed by atoms with E-state index in [0.29, 0.717) is 23.1 Å². The zero-order valence-electron chi connectivity index (χ0n) is 18.0. The van der Waals surface area contributed by atoms with Crippen LogP contribution in [0, 0.1) is 0 Å². The van der Waals surface area contributed by atoms with Crippen LogP contribution in [-0.4, -0.2) is 41.0 Å². The van der Waals surface area contributed by atoms with Crippen LogP contribution < -0.4 is 14.2 Å². The van der Waals surface area contributed by atoms with Crippen LogP contribution in [-0.2, 0) is 24.3 Å². The molecule has 2 N–H and O–H groups in total. The van der Waals surface area contributed by atoms with Gasteiger partial charge in [-0.05, 0) is 53.4 Å². The third kappa shape index (κ3) is 5.50. The fourth-order valence-corrected chi connectivity index (χ4v) is 3.98. The minimum Gasteiger partial charge on any atom is -0.508 e. The van der Waals surface area contributed by atoms with E-state index in [9.17, 15) is 15.0 Å². The van der Waals surface area contributed by atoms with E-state index in [-0.39, 0.29) is 25.5 Å². The number of rotatable bonds is 9. The lowest BCUT2D eigenvalue weighted by atomic mass is 10.0. The van der Waals surface area contributed by atoms with Crippen molar-refractivity contribution < 1.29 is 29.2 Å². The number of carboxylic acids is 1. The maximum Gasteiger partial charge on any atom is 0.321 e. The summed E-state index contributed by atoms with van der Waals surface area (Å²) in [6.45, 7) is 0.795. The molecule has 1 atom stereocenters. The molecule has 0 fully saturated rings. The fraction of sp³-hybridized carbons (Fsp3) is 0.240. The molecule has 0 unspecified atom stereocenters. The lowest BCUT2D eigenvalue weighted by molar-refractivity contribution is -0.143. The SMILES string of the molecule is COc1ccc(CN(Cc2cc3c(cc2Cl)OCO3)[C@@H](Cc2ccc(O)cc2)C(=O)O)cc1. The summed E-state index contributed by atoms with van der Waals surface area (Å²) in [5.74, 6) is 1.07. The van der Waals surface area contributed by atoms with Gasteiger partial charge in [0.1, 0.15) is 17.5 Å². The third-order valence-corrected chi connectivity index (χ3v) is 5.90. The zero-order chi connectivity index (χ0) is 23.4. The number of carboxylic acid groups (broad SMARTS) is 1. The predicted molar refractivity (Wildman–Crippen MR) is 123 cm³/mol. The first-order chi connectivity index (χ1) is 15.9. The van der Waals surface area contributed by atoms with Crippen LogP contribution in [0.2, 0.25) is 5.02 Å². The van der Waals surface area contributed by atoms with Crippen molar-refractivity contribution in [2.24, 2.45) is 0 Å². The Labute approximate surface area is 196 Å². The van der Waals surface area contributed by atoms with E-state index in [1.165, 1.54) is 0 Å². The van der Waals surface area contributed by atoms with Gasteiger partial charge in [0.05, 0.1) is 7.11 Å². The first-order valence-corrected chi connectivity index (χ1v) is 10.8. The summed E-state index contributed by atoms with van der Waals surface area (Å²) >= 11 is 6.50. The Morgan fingerprint density at radius 1 is 1.03 bits per heavy atom. The van der Waals surface area contributed by atoms with Crippen molar-refractivity contribution >= 4 is 17.6 Å². The Bertz CT molecular complexity index is 1120. The third-order valence-electron chi connectivity index (χ3n) is 5.55. The molecule has 3 aromatic carbocycles. The van der Waals surface area contributed by atoms with Gasteiger partial charge in [-0.2, -0.15) is 0 Å². The van der Waals surface area contributed by atoms with Crippen LogP contribution in [0.4, 0.5) is 0 Å². The van der Waals surface area contributed by atoms with Gasteiger partial charge >= 0.3 is 5.97 Å². The molecule has 7 nitrogen and oxygen atoms in total. The van der Waals surface area contributed by atoms with Gasteiger partial charge < -0.3 is 24.4 Å². The van der Waals surface area contributed by atoms with Gasteiger partial charge in [0.2, 0.25) is 6.79 Å². The Kier molecular flexibility index (Phi) is 6.91. The van der Waals surface area contributed by atoms with Gasteiger partial charge in [-0.3, -0.25) is 9.69 Å². The number of aromatic hydroxyl groups is 1. The summed E-state index contributed by atoms with van der Waals surface area (Å²) in [4.78, 5) is 14.2. The average Bonchev–Trinajstić information content (AvgIpc) is 3.25. The molecule has 1 aliphatic heterocycles. The Hall–Kier alpha value is -3.42. The van der Waals surface area contributed by atoms with E-state index in [0.717, 1.165) is 22.4 Å². The van der Waals surface area contributed by atoms with Crippen LogP contribution in [0.15, 0.2) is 60.7 Å². The first-order valence-electron chi connectivity index (χ1n) is 10.4. The first kappa shape index (κ1) is 22.8. The monoisotopic (exact) mass is 469 g/mol. The number of aliphatic carboxylic acids is 1. The average molecular weight is 470 g/mol. The Morgan fingerprint density at radius 3 is 2.30 bits per heavy atom. The molecule has 0 amide bonds. The van der Waals surface area contributed by atoms with Crippen molar-refractivity contribution in [2.45, 2.75) is 25.6 Å². The summed E-state index contributed by atoms with van der Waals surface area (Å²) in [6.07, 6.45) is 0.258. The van der Waals surface area contributed by atoms with E-state index in [1.807, 2.05) is 29.2 Å². The number of benzene rings is 3. The summed E-state index contributed by atoms with van der Waals surface area (Å²) in [6, 6.07) is 16.7. The van der Waals surface area contributed by atoms with Crippen LogP contribution in [0.1, 0.15) is 16.7 Å². The highest BCUT2D eigenvalue weighted by Crippen LogP contribution is 2.37. The molecule has 0 aromatic heterocycles. The van der Waals surface area contributed by atoms with E-state index in [2.05, 4.69) is 0 Å². The summed E-state index contributed by atoms with van der Waals surface area (Å²) < 4.78 is 16.1. The molecule has 3 aromatic rings. The largest absolute Gasteiger partial charge is 0.508 e. The highest BCUT2D eigenvalue weighted by Gasteiger charge is 2.28. The molecule has 1 heterocycles. The molecular formula is C25H24ClNO6. The summed E-state index contributed by atoms with van der Waals surface area (Å²) in [5.41, 5.74) is 2.48. The van der Waals surface area contributed by atoms with Crippen LogP contribution in [0.25, 0.3) is 0 Å². The lowest BCUT2D eigenvalue weighted by Crippen LogP contribution is -2.42. The molecule has 8 heteroatoms. The van der Waals surface area contributed by atoms with Crippen LogP contribution >= 0.6 is 11.6 Å². The second-order valence-corrected chi connectivity index (χ2v) is 8.18. The fourth-order valence-electron chi connectivity index (χ4n) is 3.77. The topological polar surface area (TPSA) is 88.5 Å². The van der Waals surface area contributed by atoms with Crippen molar-refractivity contribution in [1.29, 1.82) is 0 Å².